The molecule has 0 spiro atoms. The second-order valence-corrected chi connectivity index (χ2v) is 6.33. The third-order valence-corrected chi connectivity index (χ3v) is 4.46. The summed E-state index contributed by atoms with van der Waals surface area (Å²) in [5.41, 5.74) is 1.91. The van der Waals surface area contributed by atoms with E-state index in [9.17, 15) is 9.90 Å². The fraction of sp³-hybridized carbons (Fsp3) is 0.375. The summed E-state index contributed by atoms with van der Waals surface area (Å²) >= 11 is 1.66. The number of nitrogens with one attached hydrogen (secondary N) is 2. The lowest BCUT2D eigenvalue weighted by atomic mass is 10.1. The maximum atomic E-state index is 11.9. The van der Waals surface area contributed by atoms with Crippen molar-refractivity contribution in [3.05, 3.63) is 51.5 Å². The number of aliphatic hydroxyl groups excluding tert-OH is 1. The highest BCUT2D eigenvalue weighted by atomic mass is 32.1. The average molecular weight is 319 g/mol. The van der Waals surface area contributed by atoms with E-state index in [-0.39, 0.29) is 12.6 Å². The Morgan fingerprint density at radius 2 is 2.05 bits per heavy atom. The minimum Gasteiger partial charge on any atom is -0.394 e. The van der Waals surface area contributed by atoms with Crippen LogP contribution in [0.5, 0.6) is 0 Å². The Morgan fingerprint density at radius 3 is 2.64 bits per heavy atom. The normalized spacial score (nSPS) is 12.0. The zero-order valence-corrected chi connectivity index (χ0v) is 13.6. The van der Waals surface area contributed by atoms with Crippen LogP contribution in [0.3, 0.4) is 0 Å². The van der Waals surface area contributed by atoms with Gasteiger partial charge in [-0.2, -0.15) is 0 Å². The Balaban J connectivity index is 1.81. The average Bonchev–Trinajstić information content (AvgIpc) is 2.83. The molecule has 0 radical (unpaired) electrons. The van der Waals surface area contributed by atoms with Gasteiger partial charge in [-0.15, -0.1) is 11.3 Å². The Bertz CT molecular complexity index is 613. The van der Waals surface area contributed by atoms with Gasteiger partial charge in [-0.1, -0.05) is 30.3 Å². The van der Waals surface area contributed by atoms with Gasteiger partial charge >= 0.3 is 6.03 Å². The maximum Gasteiger partial charge on any atom is 0.315 e. The molecule has 6 heteroatoms. The van der Waals surface area contributed by atoms with Crippen molar-refractivity contribution in [2.75, 3.05) is 13.2 Å². The van der Waals surface area contributed by atoms with Gasteiger partial charge < -0.3 is 15.7 Å². The number of rotatable bonds is 6. The molecule has 2 aromatic rings. The molecule has 22 heavy (non-hydrogen) atoms. The maximum absolute atomic E-state index is 11.9. The molecular weight excluding hydrogens is 298 g/mol. The number of thiazole rings is 1. The van der Waals surface area contributed by atoms with Crippen LogP contribution in [0.4, 0.5) is 4.79 Å². The Morgan fingerprint density at radius 1 is 1.32 bits per heavy atom. The van der Waals surface area contributed by atoms with Gasteiger partial charge in [0.1, 0.15) is 0 Å². The van der Waals surface area contributed by atoms with Crippen LogP contribution in [-0.2, 0) is 6.42 Å². The van der Waals surface area contributed by atoms with E-state index in [0.717, 1.165) is 22.7 Å². The minimum atomic E-state index is -0.395. The third-order valence-electron chi connectivity index (χ3n) is 3.33. The summed E-state index contributed by atoms with van der Waals surface area (Å²) in [5.74, 6) is 0. The van der Waals surface area contributed by atoms with Crippen molar-refractivity contribution in [1.29, 1.82) is 0 Å². The van der Waals surface area contributed by atoms with Gasteiger partial charge in [-0.05, 0) is 19.4 Å². The molecule has 2 rings (SSSR count). The van der Waals surface area contributed by atoms with Gasteiger partial charge in [0.2, 0.25) is 0 Å². The molecule has 1 atom stereocenters. The number of nitrogens with zero attached hydrogens (tertiary/aromatic N) is 1. The van der Waals surface area contributed by atoms with Crippen LogP contribution in [0.2, 0.25) is 0 Å². The topological polar surface area (TPSA) is 74.2 Å². The quantitative estimate of drug-likeness (QED) is 0.765. The van der Waals surface area contributed by atoms with Crippen LogP contribution in [0.1, 0.15) is 27.2 Å². The van der Waals surface area contributed by atoms with Gasteiger partial charge in [0.15, 0.2) is 0 Å². The van der Waals surface area contributed by atoms with Gasteiger partial charge in [-0.25, -0.2) is 9.78 Å². The Hall–Kier alpha value is -1.92. The van der Waals surface area contributed by atoms with E-state index in [4.69, 9.17) is 0 Å². The molecule has 3 N–H and O–H groups in total. The van der Waals surface area contributed by atoms with Crippen molar-refractivity contribution in [3.8, 4) is 0 Å². The molecule has 1 aromatic heterocycles. The number of carbonyl (C=O) groups is 1. The number of aliphatic hydroxyl groups is 1. The second-order valence-electron chi connectivity index (χ2n) is 5.04. The summed E-state index contributed by atoms with van der Waals surface area (Å²) < 4.78 is 0. The zero-order valence-electron chi connectivity index (χ0n) is 12.8. The van der Waals surface area contributed by atoms with Crippen LogP contribution in [0.15, 0.2) is 30.3 Å². The highest BCUT2D eigenvalue weighted by Crippen LogP contribution is 2.17. The van der Waals surface area contributed by atoms with Crippen LogP contribution >= 0.6 is 11.3 Å². The highest BCUT2D eigenvalue weighted by molar-refractivity contribution is 7.11. The van der Waals surface area contributed by atoms with Crippen LogP contribution < -0.4 is 10.6 Å². The molecule has 0 fully saturated rings. The lowest BCUT2D eigenvalue weighted by molar-refractivity contribution is 0.217. The highest BCUT2D eigenvalue weighted by Gasteiger charge is 2.13. The fourth-order valence-electron chi connectivity index (χ4n) is 2.22. The summed E-state index contributed by atoms with van der Waals surface area (Å²) in [6.07, 6.45) is 0.764. The van der Waals surface area contributed by atoms with Gasteiger partial charge in [0.05, 0.1) is 23.4 Å². The molecule has 0 saturated carbocycles. The number of urea groups is 1. The molecule has 2 amide bonds. The van der Waals surface area contributed by atoms with E-state index in [0.29, 0.717) is 6.54 Å². The van der Waals surface area contributed by atoms with Crippen LogP contribution in [-0.4, -0.2) is 29.3 Å². The number of hydrogen-bond acceptors (Lipinski definition) is 4. The van der Waals surface area contributed by atoms with Crippen LogP contribution in [0.25, 0.3) is 0 Å². The van der Waals surface area contributed by atoms with E-state index in [1.807, 2.05) is 44.2 Å². The molecule has 1 heterocycles. The third kappa shape index (κ3) is 4.54. The molecule has 0 aliphatic carbocycles. The number of aryl methyl sites for hydroxylation is 2. The van der Waals surface area contributed by atoms with Crippen molar-refractivity contribution in [2.24, 2.45) is 0 Å². The fourth-order valence-corrected chi connectivity index (χ4v) is 3.16. The predicted octanol–water partition coefficient (Wildman–Crippen LogP) is 2.34. The smallest absolute Gasteiger partial charge is 0.315 e. The summed E-state index contributed by atoms with van der Waals surface area (Å²) in [4.78, 5) is 17.5. The molecule has 0 unspecified atom stereocenters. The first-order valence-corrected chi connectivity index (χ1v) is 8.05. The molecule has 1 aromatic carbocycles. The first-order valence-electron chi connectivity index (χ1n) is 7.23. The van der Waals surface area contributed by atoms with Gasteiger partial charge in [-0.3, -0.25) is 0 Å². The number of benzene rings is 1. The van der Waals surface area contributed by atoms with Gasteiger partial charge in [0, 0.05) is 17.8 Å². The van der Waals surface area contributed by atoms with Crippen molar-refractivity contribution >= 4 is 17.4 Å². The lowest BCUT2D eigenvalue weighted by Crippen LogP contribution is -2.40. The second kappa shape index (κ2) is 7.91. The molecule has 0 aliphatic rings. The molecule has 0 bridgehead atoms. The van der Waals surface area contributed by atoms with E-state index >= 15 is 0 Å². The van der Waals surface area contributed by atoms with Crippen molar-refractivity contribution < 1.29 is 9.90 Å². The van der Waals surface area contributed by atoms with E-state index in [1.54, 1.807) is 11.3 Å². The van der Waals surface area contributed by atoms with Crippen molar-refractivity contribution in [1.82, 2.24) is 15.6 Å². The molecule has 0 saturated heterocycles. The summed E-state index contributed by atoms with van der Waals surface area (Å²) in [7, 11) is 0. The molecule has 0 aliphatic heterocycles. The Kier molecular flexibility index (Phi) is 5.91. The number of hydrogen-bond donors (Lipinski definition) is 3. The number of carbonyl (C=O) groups excluding carboxylic acids is 1. The van der Waals surface area contributed by atoms with Crippen molar-refractivity contribution in [2.45, 2.75) is 26.3 Å². The zero-order chi connectivity index (χ0) is 15.9. The van der Waals surface area contributed by atoms with Crippen LogP contribution in [0, 0.1) is 13.8 Å². The first-order chi connectivity index (χ1) is 10.6. The SMILES string of the molecule is Cc1nc(C)c(CCNC(=O)N[C@H](CO)c2ccccc2)s1. The van der Waals surface area contributed by atoms with E-state index in [2.05, 4.69) is 15.6 Å². The molecular formula is C16H21N3O2S. The minimum absolute atomic E-state index is 0.134. The largest absolute Gasteiger partial charge is 0.394 e. The summed E-state index contributed by atoms with van der Waals surface area (Å²) in [5, 5.41) is 16.1. The number of amides is 2. The van der Waals surface area contributed by atoms with Crippen molar-refractivity contribution in [3.63, 3.8) is 0 Å². The monoisotopic (exact) mass is 319 g/mol. The molecule has 118 valence electrons. The Labute approximate surface area is 134 Å². The predicted molar refractivity (Wildman–Crippen MR) is 88.1 cm³/mol. The first kappa shape index (κ1) is 16.5. The standard InChI is InChI=1S/C16H21N3O2S/c1-11-15(22-12(2)18-11)8-9-17-16(21)19-14(10-20)13-6-4-3-5-7-13/h3-7,14,20H,8-10H2,1-2H3,(H2,17,19,21)/t14-/m1/s1. The van der Waals surface area contributed by atoms with E-state index in [1.165, 1.54) is 4.88 Å². The number of aromatic nitrogens is 1. The van der Waals surface area contributed by atoms with Gasteiger partial charge in [0.25, 0.3) is 0 Å². The van der Waals surface area contributed by atoms with E-state index < -0.39 is 6.04 Å². The molecule has 5 nitrogen and oxygen atoms in total. The lowest BCUT2D eigenvalue weighted by Gasteiger charge is -2.17. The summed E-state index contributed by atoms with van der Waals surface area (Å²) in [6.45, 7) is 4.37. The summed E-state index contributed by atoms with van der Waals surface area (Å²) in [6, 6.07) is 8.75.